The topological polar surface area (TPSA) is 73.1 Å². The van der Waals surface area contributed by atoms with E-state index in [9.17, 15) is 4.79 Å². The third-order valence-corrected chi connectivity index (χ3v) is 4.44. The molecular weight excluding hydrogens is 453 g/mol. The molecule has 0 unspecified atom stereocenters. The number of rotatable bonds is 7. The number of fused-ring (bicyclic) bond motifs is 1. The van der Waals surface area contributed by atoms with Crippen molar-refractivity contribution in [2.24, 2.45) is 0 Å². The first kappa shape index (κ1) is 22.8. The Morgan fingerprint density at radius 3 is 2.03 bits per heavy atom. The van der Waals surface area contributed by atoms with Crippen LogP contribution in [0.4, 0.5) is 5.69 Å². The number of nitrogens with zero attached hydrogens (tertiary/aromatic N) is 5. The van der Waals surface area contributed by atoms with Crippen LogP contribution in [0.2, 0.25) is 0 Å². The van der Waals surface area contributed by atoms with Gasteiger partial charge < -0.3 is 10.1 Å². The summed E-state index contributed by atoms with van der Waals surface area (Å²) in [7, 11) is 4.45. The van der Waals surface area contributed by atoms with E-state index >= 15 is 0 Å². The number of amides is 1. The average molecular weight is 473 g/mol. The van der Waals surface area contributed by atoms with E-state index in [1.807, 2.05) is 71.6 Å². The van der Waals surface area contributed by atoms with Gasteiger partial charge in [-0.3, -0.25) is 19.9 Å². The quantitative estimate of drug-likeness (QED) is 0.356. The van der Waals surface area contributed by atoms with Crippen LogP contribution < -0.4 is 0 Å². The van der Waals surface area contributed by atoms with Gasteiger partial charge in [-0.15, -0.1) is 5.69 Å². The van der Waals surface area contributed by atoms with Crippen LogP contribution in [0.15, 0.2) is 85.3 Å². The third-order valence-electron chi connectivity index (χ3n) is 4.44. The molecule has 0 fully saturated rings. The Labute approximate surface area is 193 Å². The fourth-order valence-corrected chi connectivity index (χ4v) is 3.15. The molecule has 3 heterocycles. The van der Waals surface area contributed by atoms with Crippen molar-refractivity contribution < 1.29 is 19.9 Å². The number of pyridine rings is 3. The van der Waals surface area contributed by atoms with E-state index in [0.717, 1.165) is 22.3 Å². The van der Waals surface area contributed by atoms with Gasteiger partial charge in [-0.05, 0) is 35.7 Å². The Morgan fingerprint density at radius 2 is 1.42 bits per heavy atom. The molecule has 1 aromatic carbocycles. The van der Waals surface area contributed by atoms with E-state index in [1.165, 1.54) is 0 Å². The Morgan fingerprint density at radius 1 is 0.806 bits per heavy atom. The van der Waals surface area contributed by atoms with Crippen molar-refractivity contribution in [1.82, 2.24) is 19.9 Å². The Hall–Kier alpha value is -2.83. The normalized spacial score (nSPS) is 10.4. The minimum atomic E-state index is -0.227. The summed E-state index contributed by atoms with van der Waals surface area (Å²) in [5, 5.41) is 5.29. The van der Waals surface area contributed by atoms with Crippen molar-refractivity contribution >= 4 is 32.6 Å². The van der Waals surface area contributed by atoms with Crippen LogP contribution in [0.3, 0.4) is 0 Å². The Kier molecular flexibility index (Phi) is 8.94. The summed E-state index contributed by atoms with van der Waals surface area (Å²) in [5.41, 5.74) is 3.10. The molecule has 0 aliphatic heterocycles. The van der Waals surface area contributed by atoms with E-state index in [4.69, 9.17) is 0 Å². The molecule has 0 saturated carbocycles. The summed E-state index contributed by atoms with van der Waals surface area (Å²) >= 11 is 2.41. The van der Waals surface area contributed by atoms with E-state index < -0.39 is 0 Å². The van der Waals surface area contributed by atoms with Gasteiger partial charge in [-0.1, -0.05) is 36.4 Å². The second-order valence-electron chi connectivity index (χ2n) is 6.65. The second-order valence-corrected chi connectivity index (χ2v) is 6.65. The van der Waals surface area contributed by atoms with Gasteiger partial charge in [-0.25, -0.2) is 0 Å². The van der Waals surface area contributed by atoms with Gasteiger partial charge in [0.1, 0.15) is 0 Å². The van der Waals surface area contributed by atoms with Crippen LogP contribution in [0, 0.1) is 0 Å². The number of aromatic nitrogens is 3. The Bertz CT molecular complexity index is 1050. The summed E-state index contributed by atoms with van der Waals surface area (Å²) in [6.07, 6.45) is 5.21. The molecule has 4 aromatic rings. The van der Waals surface area contributed by atoms with E-state index in [2.05, 4.69) is 45.5 Å². The van der Waals surface area contributed by atoms with Crippen molar-refractivity contribution in [2.45, 2.75) is 13.1 Å². The molecule has 3 aromatic heterocycles. The fraction of sp³-hybridized carbons (Fsp3) is 0.130. The fourth-order valence-electron chi connectivity index (χ4n) is 3.15. The molecule has 8 heteroatoms. The van der Waals surface area contributed by atoms with Crippen molar-refractivity contribution in [3.63, 3.8) is 0 Å². The van der Waals surface area contributed by atoms with Gasteiger partial charge in [-0.2, -0.15) is 0 Å². The molecule has 4 rings (SSSR count). The number of hydrogen-bond acceptors (Lipinski definition) is 5. The Balaban J connectivity index is 0.00000132. The van der Waals surface area contributed by atoms with Crippen LogP contribution in [0.5, 0.6) is 0 Å². The predicted octanol–water partition coefficient (Wildman–Crippen LogP) is 4.95. The van der Waals surface area contributed by atoms with Gasteiger partial charge in [0, 0.05) is 38.2 Å². The van der Waals surface area contributed by atoms with Crippen molar-refractivity contribution in [1.29, 1.82) is 0 Å². The van der Waals surface area contributed by atoms with Gasteiger partial charge in [0.05, 0.1) is 22.8 Å². The molecule has 1 amide bonds. The minimum absolute atomic E-state index is 0.163. The zero-order valence-corrected chi connectivity index (χ0v) is 18.5. The van der Waals surface area contributed by atoms with Crippen molar-refractivity contribution in [3.8, 4) is 0 Å². The molecule has 0 aliphatic rings. The molecule has 0 N–H and O–H groups in total. The SMILES string of the molecule is O=C(CN(Cc1ccccn1)Cc1ccccn1)[N-]c1cccc2cccnc12.[Cl][Mn+]. The summed E-state index contributed by atoms with van der Waals surface area (Å²) in [6.45, 7) is 1.23. The molecule has 0 aliphatic carbocycles. The van der Waals surface area contributed by atoms with Gasteiger partial charge in [0.15, 0.2) is 0 Å². The molecule has 0 radical (unpaired) electrons. The van der Waals surface area contributed by atoms with E-state index in [-0.39, 0.29) is 12.5 Å². The monoisotopic (exact) mass is 472 g/mol. The van der Waals surface area contributed by atoms with Crippen LogP contribution in [0.1, 0.15) is 11.4 Å². The molecule has 157 valence electrons. The van der Waals surface area contributed by atoms with Gasteiger partial charge in [0.25, 0.3) is 0 Å². The molecule has 6 nitrogen and oxygen atoms in total. The molecular formula is C23H20ClMnN5O. The van der Waals surface area contributed by atoms with E-state index in [0.29, 0.717) is 18.8 Å². The zero-order chi connectivity index (χ0) is 21.9. The van der Waals surface area contributed by atoms with Crippen molar-refractivity contribution in [2.75, 3.05) is 6.54 Å². The summed E-state index contributed by atoms with van der Waals surface area (Å²) in [6, 6.07) is 21.0. The van der Waals surface area contributed by atoms with Crippen LogP contribution >= 0.6 is 10.1 Å². The maximum atomic E-state index is 12.8. The summed E-state index contributed by atoms with van der Waals surface area (Å²) in [4.78, 5) is 27.9. The number of hydrogen-bond donors (Lipinski definition) is 0. The first-order valence-electron chi connectivity index (χ1n) is 9.53. The standard InChI is InChI=1S/C23H21N5O.ClH.Mn/c29-22(27-21-11-5-7-18-8-6-14-26-23(18)21)17-28(15-19-9-1-3-12-24-19)16-20-10-2-4-13-25-20;;/h1-14H,15-17H2,(H,27,29);1H;/q;;+2/p-2. The van der Waals surface area contributed by atoms with Crippen molar-refractivity contribution in [3.05, 3.63) is 102 Å². The number of para-hydroxylation sites is 1. The van der Waals surface area contributed by atoms with Crippen LogP contribution in [0.25, 0.3) is 16.2 Å². The first-order valence-corrected chi connectivity index (χ1v) is 11.1. The number of carbonyl (C=O) groups excluding carboxylic acids is 1. The maximum absolute atomic E-state index is 12.8. The molecule has 0 spiro atoms. The summed E-state index contributed by atoms with van der Waals surface area (Å²) < 4.78 is 0. The summed E-state index contributed by atoms with van der Waals surface area (Å²) in [5.74, 6) is -0.227. The molecule has 0 atom stereocenters. The average Bonchev–Trinajstić information content (AvgIpc) is 2.82. The second kappa shape index (κ2) is 12.1. The van der Waals surface area contributed by atoms with E-state index in [1.54, 1.807) is 18.6 Å². The van der Waals surface area contributed by atoms with Crippen LogP contribution in [-0.2, 0) is 33.0 Å². The number of carbonyl (C=O) groups is 1. The molecule has 0 bridgehead atoms. The number of benzene rings is 1. The molecule has 31 heavy (non-hydrogen) atoms. The zero-order valence-electron chi connectivity index (χ0n) is 16.6. The molecule has 0 saturated heterocycles. The first-order chi connectivity index (χ1) is 15.3. The third kappa shape index (κ3) is 6.84. The number of halogens is 1. The van der Waals surface area contributed by atoms with Gasteiger partial charge in [0.2, 0.25) is 0 Å². The predicted molar refractivity (Wildman–Crippen MR) is 118 cm³/mol. The van der Waals surface area contributed by atoms with Crippen LogP contribution in [-0.4, -0.2) is 32.3 Å². The van der Waals surface area contributed by atoms with Gasteiger partial charge >= 0.3 is 25.2 Å².